The van der Waals surface area contributed by atoms with Crippen LogP contribution in [-0.4, -0.2) is 66.0 Å². The molecule has 0 aliphatic heterocycles. The molecule has 0 saturated carbocycles. The van der Waals surface area contributed by atoms with Gasteiger partial charge in [-0.15, -0.1) is 0 Å². The van der Waals surface area contributed by atoms with Gasteiger partial charge in [0.05, 0.1) is 13.0 Å². The van der Waals surface area contributed by atoms with Gasteiger partial charge in [0.2, 0.25) is 17.7 Å². The molecule has 4 amide bonds. The van der Waals surface area contributed by atoms with E-state index in [-0.39, 0.29) is 39.0 Å². The van der Waals surface area contributed by atoms with Gasteiger partial charge in [0.25, 0.3) is 0 Å². The first-order valence-corrected chi connectivity index (χ1v) is 14.6. The third kappa shape index (κ3) is 13.6. The first-order chi connectivity index (χ1) is 19.8. The van der Waals surface area contributed by atoms with Crippen LogP contribution >= 0.6 is 0 Å². The third-order valence-corrected chi connectivity index (χ3v) is 6.16. The van der Waals surface area contributed by atoms with E-state index in [0.717, 1.165) is 24.8 Å². The highest BCUT2D eigenvalue weighted by Gasteiger charge is 2.36. The fraction of sp³-hybridized carbons (Fsp3) is 0.581. The molecule has 0 aromatic heterocycles. The van der Waals surface area contributed by atoms with Crippen LogP contribution in [0.2, 0.25) is 0 Å². The second-order valence-corrected chi connectivity index (χ2v) is 10.9. The lowest BCUT2D eigenvalue weighted by Gasteiger charge is -2.34. The van der Waals surface area contributed by atoms with Crippen molar-refractivity contribution in [2.75, 3.05) is 19.7 Å². The molecule has 11 nitrogen and oxygen atoms in total. The highest BCUT2D eigenvalue weighted by molar-refractivity contribution is 5.92. The van der Waals surface area contributed by atoms with E-state index in [0.29, 0.717) is 12.0 Å². The summed E-state index contributed by atoms with van der Waals surface area (Å²) in [7, 11) is 0. The molecule has 11 heteroatoms. The molecule has 0 spiro atoms. The summed E-state index contributed by atoms with van der Waals surface area (Å²) in [6.07, 6.45) is 3.83. The second-order valence-electron chi connectivity index (χ2n) is 10.9. The maximum absolute atomic E-state index is 14.2. The summed E-state index contributed by atoms with van der Waals surface area (Å²) in [5, 5.41) is 5.34. The number of primary amides is 1. The summed E-state index contributed by atoms with van der Waals surface area (Å²) in [5.74, 6) is -2.16. The number of nitrogens with two attached hydrogens (primary N) is 1. The van der Waals surface area contributed by atoms with Gasteiger partial charge in [-0.25, -0.2) is 4.79 Å². The smallest absolute Gasteiger partial charge is 0.408 e. The van der Waals surface area contributed by atoms with Crippen molar-refractivity contribution in [2.45, 2.75) is 97.2 Å². The molecule has 0 bridgehead atoms. The number of hydrogen-bond donors (Lipinski definition) is 3. The number of nitrogens with zero attached hydrogens (tertiary/aromatic N) is 1. The Balaban J connectivity index is 3.52. The van der Waals surface area contributed by atoms with Gasteiger partial charge >= 0.3 is 12.1 Å². The van der Waals surface area contributed by atoms with E-state index in [2.05, 4.69) is 24.1 Å². The Morgan fingerprint density at radius 3 is 2.38 bits per heavy atom. The molecule has 42 heavy (non-hydrogen) atoms. The fourth-order valence-corrected chi connectivity index (χ4v) is 4.22. The maximum Gasteiger partial charge on any atom is 0.408 e. The number of hydrogen-bond acceptors (Lipinski definition) is 7. The number of rotatable bonds is 18. The topological polar surface area (TPSA) is 157 Å². The monoisotopic (exact) mass is 588 g/mol. The van der Waals surface area contributed by atoms with Crippen molar-refractivity contribution in [1.82, 2.24) is 15.5 Å². The van der Waals surface area contributed by atoms with Crippen LogP contribution in [0, 0.1) is 0 Å². The van der Waals surface area contributed by atoms with Crippen molar-refractivity contribution in [3.8, 4) is 0 Å². The van der Waals surface area contributed by atoms with Crippen LogP contribution in [0.4, 0.5) is 4.79 Å². The molecule has 0 saturated heterocycles. The zero-order valence-electron chi connectivity index (χ0n) is 25.7. The van der Waals surface area contributed by atoms with E-state index >= 15 is 0 Å². The minimum atomic E-state index is -1.18. The number of unbranched alkanes of at least 4 members (excludes halogenated alkanes) is 3. The Morgan fingerprint density at radius 1 is 1.07 bits per heavy atom. The molecule has 0 fully saturated rings. The molecule has 1 rings (SSSR count). The molecular weight excluding hydrogens is 540 g/mol. The normalized spacial score (nSPS) is 12.4. The van der Waals surface area contributed by atoms with Crippen LogP contribution < -0.4 is 16.4 Å². The van der Waals surface area contributed by atoms with E-state index in [1.807, 2.05) is 6.07 Å². The number of esters is 1. The second kappa shape index (κ2) is 18.5. The Kier molecular flexibility index (Phi) is 15.9. The zero-order valence-corrected chi connectivity index (χ0v) is 25.7. The number of nitrogens with one attached hydrogen (secondary N) is 2. The summed E-state index contributed by atoms with van der Waals surface area (Å²) in [6.45, 7) is 13.1. The number of ether oxygens (including phenoxy) is 2. The largest absolute Gasteiger partial charge is 0.466 e. The summed E-state index contributed by atoms with van der Waals surface area (Å²) in [4.78, 5) is 65.6. The van der Waals surface area contributed by atoms with Gasteiger partial charge in [0, 0.05) is 19.5 Å². The predicted octanol–water partition coefficient (Wildman–Crippen LogP) is 4.01. The Labute approximate surface area is 249 Å². The van der Waals surface area contributed by atoms with Gasteiger partial charge in [0.1, 0.15) is 17.7 Å². The van der Waals surface area contributed by atoms with Crippen molar-refractivity contribution >= 4 is 35.9 Å². The molecule has 1 aromatic carbocycles. The molecule has 0 heterocycles. The first kappa shape index (κ1) is 36.1. The molecule has 0 aliphatic carbocycles. The van der Waals surface area contributed by atoms with Gasteiger partial charge in [0.15, 0.2) is 0 Å². The Bertz CT molecular complexity index is 1070. The van der Waals surface area contributed by atoms with Crippen LogP contribution in [0.5, 0.6) is 0 Å². The average molecular weight is 589 g/mol. The summed E-state index contributed by atoms with van der Waals surface area (Å²) in [5.41, 5.74) is 5.82. The van der Waals surface area contributed by atoms with Gasteiger partial charge < -0.3 is 30.7 Å². The number of amides is 4. The van der Waals surface area contributed by atoms with Gasteiger partial charge in [-0.3, -0.25) is 19.2 Å². The Morgan fingerprint density at radius 2 is 1.79 bits per heavy atom. The molecular formula is C31H48N4O7. The van der Waals surface area contributed by atoms with Crippen molar-refractivity contribution in [2.24, 2.45) is 5.73 Å². The van der Waals surface area contributed by atoms with Crippen molar-refractivity contribution < 1.29 is 33.4 Å². The zero-order chi connectivity index (χ0) is 31.7. The third-order valence-electron chi connectivity index (χ3n) is 6.16. The van der Waals surface area contributed by atoms with E-state index in [1.54, 1.807) is 52.0 Å². The molecule has 0 radical (unpaired) electrons. The predicted molar refractivity (Wildman–Crippen MR) is 161 cm³/mol. The maximum atomic E-state index is 14.2. The van der Waals surface area contributed by atoms with Gasteiger partial charge in [-0.1, -0.05) is 57.0 Å². The van der Waals surface area contributed by atoms with Crippen molar-refractivity contribution in [1.29, 1.82) is 0 Å². The van der Waals surface area contributed by atoms with Crippen molar-refractivity contribution in [3.05, 3.63) is 42.0 Å². The molecule has 2 unspecified atom stereocenters. The number of carbonyl (C=O) groups is 5. The van der Waals surface area contributed by atoms with Crippen LogP contribution in [0.3, 0.4) is 0 Å². The van der Waals surface area contributed by atoms with E-state index in [4.69, 9.17) is 15.2 Å². The van der Waals surface area contributed by atoms with E-state index < -0.39 is 47.5 Å². The molecule has 234 valence electrons. The lowest BCUT2D eigenvalue weighted by molar-refractivity contribution is -0.144. The molecule has 2 atom stereocenters. The van der Waals surface area contributed by atoms with Crippen LogP contribution in [0.15, 0.2) is 30.8 Å². The van der Waals surface area contributed by atoms with Crippen molar-refractivity contribution in [3.63, 3.8) is 0 Å². The van der Waals surface area contributed by atoms with Crippen LogP contribution in [-0.2, 0) is 28.7 Å². The SMILES string of the molecule is C=Cc1cccc(C(C(=O)NCCC(=O)OCC)N(CCCCCC)C(=O)C(CCC(N)=O)NC(=O)OC(C)(C)C)c1. The summed E-state index contributed by atoms with van der Waals surface area (Å²) in [6, 6.07) is 4.78. The standard InChI is InChI=1S/C31H48N4O7/c1-7-10-11-12-20-35(29(39)24(16-17-25(32)36)34-30(40)42-31(4,5)6)27(23-15-13-14-22(8-2)21-23)28(38)33-19-18-26(37)41-9-3/h8,13-15,21,24,27H,2,7,9-12,16-20H2,1,3-6H3,(H2,32,36)(H,33,38)(H,34,40). The number of alkyl carbamates (subject to hydrolysis) is 1. The van der Waals surface area contributed by atoms with Gasteiger partial charge in [-0.2, -0.15) is 0 Å². The summed E-state index contributed by atoms with van der Waals surface area (Å²) >= 11 is 0. The molecule has 4 N–H and O–H groups in total. The highest BCUT2D eigenvalue weighted by atomic mass is 16.6. The summed E-state index contributed by atoms with van der Waals surface area (Å²) < 4.78 is 10.3. The van der Waals surface area contributed by atoms with Gasteiger partial charge in [-0.05, 0) is 57.7 Å². The lowest BCUT2D eigenvalue weighted by Crippen LogP contribution is -2.53. The quantitative estimate of drug-likeness (QED) is 0.173. The minimum absolute atomic E-state index is 0.00838. The fourth-order valence-electron chi connectivity index (χ4n) is 4.22. The first-order valence-electron chi connectivity index (χ1n) is 14.6. The average Bonchev–Trinajstić information content (AvgIpc) is 2.91. The number of benzene rings is 1. The lowest BCUT2D eigenvalue weighted by atomic mass is 9.99. The minimum Gasteiger partial charge on any atom is -0.466 e. The molecule has 1 aromatic rings. The van der Waals surface area contributed by atoms with Crippen LogP contribution in [0.25, 0.3) is 6.08 Å². The van der Waals surface area contributed by atoms with E-state index in [9.17, 15) is 24.0 Å². The van der Waals surface area contributed by atoms with Crippen LogP contribution in [0.1, 0.15) is 96.7 Å². The highest BCUT2D eigenvalue weighted by Crippen LogP contribution is 2.25. The Hall–Kier alpha value is -3.89. The molecule has 0 aliphatic rings. The number of carbonyl (C=O) groups excluding carboxylic acids is 5. The van der Waals surface area contributed by atoms with E-state index in [1.165, 1.54) is 4.90 Å².